The number of para-hydroxylation sites is 1. The number of carbonyl (C=O) groups excluding carboxylic acids is 2. The van der Waals surface area contributed by atoms with Crippen molar-refractivity contribution in [3.05, 3.63) is 66.0 Å². The van der Waals surface area contributed by atoms with Gasteiger partial charge >= 0.3 is 0 Å². The minimum atomic E-state index is -0.314. The summed E-state index contributed by atoms with van der Waals surface area (Å²) in [6, 6.07) is 15.0. The summed E-state index contributed by atoms with van der Waals surface area (Å²) in [5.41, 5.74) is 0.840. The lowest BCUT2D eigenvalue weighted by atomic mass is 10.1. The van der Waals surface area contributed by atoms with E-state index in [1.165, 1.54) is 12.1 Å². The van der Waals surface area contributed by atoms with E-state index in [-0.39, 0.29) is 43.0 Å². The number of hydrogen-bond acceptors (Lipinski definition) is 4. The number of benzene rings is 2. The van der Waals surface area contributed by atoms with E-state index in [9.17, 15) is 14.0 Å². The number of nitrogens with zero attached hydrogens (tertiary/aromatic N) is 2. The number of likely N-dealkylation sites (tertiary alicyclic amines) is 1. The number of ether oxygens (including phenoxy) is 2. The first-order valence-electron chi connectivity index (χ1n) is 9.21. The average Bonchev–Trinajstić information content (AvgIpc) is 3.15. The molecule has 2 unspecified atom stereocenters. The highest BCUT2D eigenvalue weighted by atomic mass is 19.1. The first-order chi connectivity index (χ1) is 13.6. The van der Waals surface area contributed by atoms with Crippen molar-refractivity contribution in [2.75, 3.05) is 26.3 Å². The predicted octanol–water partition coefficient (Wildman–Crippen LogP) is 1.84. The fourth-order valence-corrected chi connectivity index (χ4v) is 3.61. The third kappa shape index (κ3) is 3.99. The van der Waals surface area contributed by atoms with Crippen molar-refractivity contribution >= 4 is 11.8 Å². The lowest BCUT2D eigenvalue weighted by Crippen LogP contribution is -2.53. The van der Waals surface area contributed by atoms with Gasteiger partial charge in [-0.05, 0) is 29.8 Å². The van der Waals surface area contributed by atoms with Crippen LogP contribution in [0.5, 0.6) is 5.75 Å². The van der Waals surface area contributed by atoms with E-state index >= 15 is 0 Å². The van der Waals surface area contributed by atoms with Gasteiger partial charge < -0.3 is 19.3 Å². The monoisotopic (exact) mass is 384 g/mol. The van der Waals surface area contributed by atoms with E-state index < -0.39 is 0 Å². The topological polar surface area (TPSA) is 59.1 Å². The van der Waals surface area contributed by atoms with E-state index in [1.54, 1.807) is 34.1 Å². The van der Waals surface area contributed by atoms with Crippen LogP contribution in [0.2, 0.25) is 0 Å². The van der Waals surface area contributed by atoms with Gasteiger partial charge in [0.15, 0.2) is 6.61 Å². The van der Waals surface area contributed by atoms with Gasteiger partial charge in [0, 0.05) is 19.6 Å². The number of morpholine rings is 1. The Labute approximate surface area is 162 Å². The molecule has 0 bridgehead atoms. The summed E-state index contributed by atoms with van der Waals surface area (Å²) in [7, 11) is 0. The molecule has 2 saturated heterocycles. The van der Waals surface area contributed by atoms with Crippen LogP contribution in [0, 0.1) is 5.82 Å². The number of hydrogen-bond donors (Lipinski definition) is 0. The first kappa shape index (κ1) is 18.4. The molecule has 2 fully saturated rings. The maximum Gasteiger partial charge on any atom is 0.260 e. The Morgan fingerprint density at radius 2 is 1.86 bits per heavy atom. The first-order valence-corrected chi connectivity index (χ1v) is 9.21. The Kier molecular flexibility index (Phi) is 5.25. The molecule has 146 valence electrons. The SMILES string of the molecule is O=C(COc1ccccc1)N1CC2OCC(=O)N(Cc3ccc(F)cc3)C2C1. The van der Waals surface area contributed by atoms with Crippen LogP contribution >= 0.6 is 0 Å². The molecule has 0 spiro atoms. The van der Waals surface area contributed by atoms with Crippen molar-refractivity contribution in [3.8, 4) is 5.75 Å². The highest BCUT2D eigenvalue weighted by molar-refractivity contribution is 5.80. The predicted molar refractivity (Wildman–Crippen MR) is 99.0 cm³/mol. The smallest absolute Gasteiger partial charge is 0.260 e. The van der Waals surface area contributed by atoms with Gasteiger partial charge in [0.05, 0.1) is 12.1 Å². The molecule has 4 rings (SSSR count). The Hall–Kier alpha value is -2.93. The zero-order valence-electron chi connectivity index (χ0n) is 15.3. The van der Waals surface area contributed by atoms with Crippen molar-refractivity contribution in [1.29, 1.82) is 0 Å². The number of amides is 2. The van der Waals surface area contributed by atoms with Gasteiger partial charge in [-0.1, -0.05) is 30.3 Å². The van der Waals surface area contributed by atoms with Crippen molar-refractivity contribution < 1.29 is 23.5 Å². The van der Waals surface area contributed by atoms with E-state index in [0.717, 1.165) is 5.56 Å². The lowest BCUT2D eigenvalue weighted by Gasteiger charge is -2.36. The largest absolute Gasteiger partial charge is 0.484 e. The highest BCUT2D eigenvalue weighted by Gasteiger charge is 2.44. The molecule has 2 aliphatic rings. The molecule has 2 atom stereocenters. The normalized spacial score (nSPS) is 21.5. The Balaban J connectivity index is 1.39. The van der Waals surface area contributed by atoms with Gasteiger partial charge in [-0.2, -0.15) is 0 Å². The molecule has 0 saturated carbocycles. The van der Waals surface area contributed by atoms with Gasteiger partial charge in [0.2, 0.25) is 5.91 Å². The number of rotatable bonds is 5. The fourth-order valence-electron chi connectivity index (χ4n) is 3.61. The standard InChI is InChI=1S/C21H21FN2O4/c22-16-8-6-15(7-9-16)10-24-18-11-23(12-19(18)28-14-21(24)26)20(25)13-27-17-4-2-1-3-5-17/h1-9,18-19H,10-14H2. The van der Waals surface area contributed by atoms with Crippen molar-refractivity contribution in [2.24, 2.45) is 0 Å². The molecule has 2 aliphatic heterocycles. The van der Waals surface area contributed by atoms with Crippen LogP contribution in [-0.2, 0) is 20.9 Å². The van der Waals surface area contributed by atoms with Crippen molar-refractivity contribution in [1.82, 2.24) is 9.80 Å². The van der Waals surface area contributed by atoms with Gasteiger partial charge in [0.1, 0.15) is 18.2 Å². The summed E-state index contributed by atoms with van der Waals surface area (Å²) < 4.78 is 24.3. The van der Waals surface area contributed by atoms with Crippen LogP contribution in [0.15, 0.2) is 54.6 Å². The van der Waals surface area contributed by atoms with E-state index in [0.29, 0.717) is 25.4 Å². The quantitative estimate of drug-likeness (QED) is 0.789. The minimum Gasteiger partial charge on any atom is -0.484 e. The molecule has 0 N–H and O–H groups in total. The third-order valence-electron chi connectivity index (χ3n) is 5.10. The van der Waals surface area contributed by atoms with Gasteiger partial charge in [0.25, 0.3) is 5.91 Å². The third-order valence-corrected chi connectivity index (χ3v) is 5.10. The molecule has 2 aromatic rings. The Bertz CT molecular complexity index is 843. The summed E-state index contributed by atoms with van der Waals surface area (Å²) in [6.45, 7) is 1.12. The maximum atomic E-state index is 13.1. The summed E-state index contributed by atoms with van der Waals surface area (Å²) in [6.07, 6.45) is -0.223. The number of halogens is 1. The molecule has 2 amide bonds. The Morgan fingerprint density at radius 3 is 2.61 bits per heavy atom. The number of carbonyl (C=O) groups is 2. The van der Waals surface area contributed by atoms with Crippen LogP contribution in [0.3, 0.4) is 0 Å². The zero-order chi connectivity index (χ0) is 19.5. The van der Waals surface area contributed by atoms with Crippen LogP contribution in [0.4, 0.5) is 4.39 Å². The van der Waals surface area contributed by atoms with Gasteiger partial charge in [-0.3, -0.25) is 9.59 Å². The van der Waals surface area contributed by atoms with Crippen molar-refractivity contribution in [3.63, 3.8) is 0 Å². The molecule has 2 heterocycles. The maximum absolute atomic E-state index is 13.1. The highest BCUT2D eigenvalue weighted by Crippen LogP contribution is 2.25. The summed E-state index contributed by atoms with van der Waals surface area (Å²) >= 11 is 0. The number of fused-ring (bicyclic) bond motifs is 1. The summed E-state index contributed by atoms with van der Waals surface area (Å²) in [5.74, 6) is 0.0549. The van der Waals surface area contributed by atoms with Gasteiger partial charge in [-0.15, -0.1) is 0 Å². The molecule has 0 aliphatic carbocycles. The van der Waals surface area contributed by atoms with Crippen LogP contribution in [0.1, 0.15) is 5.56 Å². The molecule has 0 aromatic heterocycles. The molecule has 7 heteroatoms. The van der Waals surface area contributed by atoms with E-state index in [1.807, 2.05) is 18.2 Å². The van der Waals surface area contributed by atoms with Crippen LogP contribution in [-0.4, -0.2) is 60.1 Å². The van der Waals surface area contributed by atoms with Crippen molar-refractivity contribution in [2.45, 2.75) is 18.7 Å². The van der Waals surface area contributed by atoms with Crippen LogP contribution in [0.25, 0.3) is 0 Å². The molecule has 0 radical (unpaired) electrons. The Morgan fingerprint density at radius 1 is 1.11 bits per heavy atom. The molecule has 6 nitrogen and oxygen atoms in total. The lowest BCUT2D eigenvalue weighted by molar-refractivity contribution is -0.153. The molecular formula is C21H21FN2O4. The second kappa shape index (κ2) is 7.98. The van der Waals surface area contributed by atoms with E-state index in [2.05, 4.69) is 0 Å². The average molecular weight is 384 g/mol. The van der Waals surface area contributed by atoms with Crippen LogP contribution < -0.4 is 4.74 Å². The molecule has 2 aromatic carbocycles. The fraction of sp³-hybridized carbons (Fsp3) is 0.333. The molecular weight excluding hydrogens is 363 g/mol. The second-order valence-corrected chi connectivity index (χ2v) is 6.97. The molecule has 28 heavy (non-hydrogen) atoms. The minimum absolute atomic E-state index is 0.00902. The van der Waals surface area contributed by atoms with Gasteiger partial charge in [-0.25, -0.2) is 4.39 Å². The second-order valence-electron chi connectivity index (χ2n) is 6.97. The van der Waals surface area contributed by atoms with E-state index in [4.69, 9.17) is 9.47 Å². The summed E-state index contributed by atoms with van der Waals surface area (Å²) in [4.78, 5) is 28.3. The summed E-state index contributed by atoms with van der Waals surface area (Å²) in [5, 5.41) is 0. The zero-order valence-corrected chi connectivity index (χ0v) is 15.3.